The average Bonchev–Trinajstić information content (AvgIpc) is 2.72. The minimum Gasteiger partial charge on any atom is -0.458 e. The molecule has 0 aliphatic carbocycles. The zero-order chi connectivity index (χ0) is 16.0. The summed E-state index contributed by atoms with van der Waals surface area (Å²) in [6.45, 7) is 8.13. The number of esters is 1. The molecule has 1 aliphatic heterocycles. The van der Waals surface area contributed by atoms with Crippen LogP contribution in [0.25, 0.3) is 10.4 Å². The summed E-state index contributed by atoms with van der Waals surface area (Å²) in [7, 11) is 0. The second-order valence-corrected chi connectivity index (χ2v) is 6.37. The molecule has 1 saturated heterocycles. The number of azide groups is 1. The molecule has 0 N–H and O–H groups in total. The van der Waals surface area contributed by atoms with Crippen molar-refractivity contribution in [2.24, 2.45) is 11.0 Å². The van der Waals surface area contributed by atoms with Crippen molar-refractivity contribution in [3.8, 4) is 0 Å². The number of rotatable bonds is 6. The van der Waals surface area contributed by atoms with Gasteiger partial charge < -0.3 is 9.64 Å². The van der Waals surface area contributed by atoms with Crippen LogP contribution < -0.4 is 0 Å². The summed E-state index contributed by atoms with van der Waals surface area (Å²) in [6.07, 6.45) is 1.69. The number of carbonyl (C=O) groups is 2. The Hall–Kier alpha value is -1.75. The van der Waals surface area contributed by atoms with Crippen molar-refractivity contribution < 1.29 is 14.3 Å². The number of hydrogen-bond acceptors (Lipinski definition) is 4. The van der Waals surface area contributed by atoms with Crippen LogP contribution in [-0.2, 0) is 14.3 Å². The van der Waals surface area contributed by atoms with Crippen LogP contribution >= 0.6 is 0 Å². The van der Waals surface area contributed by atoms with Crippen molar-refractivity contribution in [3.63, 3.8) is 0 Å². The lowest BCUT2D eigenvalue weighted by atomic mass is 10.1. The van der Waals surface area contributed by atoms with Gasteiger partial charge in [0, 0.05) is 24.4 Å². The topological polar surface area (TPSA) is 95.4 Å². The molecule has 0 bridgehead atoms. The molecule has 1 heterocycles. The molecule has 1 fully saturated rings. The quantitative estimate of drug-likeness (QED) is 0.326. The number of likely N-dealkylation sites (tertiary alicyclic amines) is 1. The lowest BCUT2D eigenvalue weighted by Crippen LogP contribution is -2.45. The second kappa shape index (κ2) is 7.31. The van der Waals surface area contributed by atoms with Gasteiger partial charge in [-0.1, -0.05) is 18.5 Å². The second-order valence-electron chi connectivity index (χ2n) is 6.37. The third kappa shape index (κ3) is 5.27. The smallest absolute Gasteiger partial charge is 0.329 e. The molecule has 1 amide bonds. The molecule has 0 saturated carbocycles. The van der Waals surface area contributed by atoms with E-state index >= 15 is 0 Å². The van der Waals surface area contributed by atoms with Gasteiger partial charge in [0.2, 0.25) is 5.91 Å². The van der Waals surface area contributed by atoms with Crippen LogP contribution in [0.1, 0.15) is 47.0 Å². The Morgan fingerprint density at radius 3 is 2.76 bits per heavy atom. The van der Waals surface area contributed by atoms with Crippen molar-refractivity contribution in [1.29, 1.82) is 0 Å². The highest BCUT2D eigenvalue weighted by Gasteiger charge is 2.38. The van der Waals surface area contributed by atoms with Gasteiger partial charge in [0.05, 0.1) is 0 Å². The van der Waals surface area contributed by atoms with E-state index in [1.807, 2.05) is 27.7 Å². The van der Waals surface area contributed by atoms with Crippen LogP contribution in [0.5, 0.6) is 0 Å². The van der Waals surface area contributed by atoms with Crippen LogP contribution in [0.4, 0.5) is 0 Å². The van der Waals surface area contributed by atoms with E-state index in [2.05, 4.69) is 10.0 Å². The van der Waals surface area contributed by atoms with Gasteiger partial charge in [0.1, 0.15) is 11.6 Å². The fraction of sp³-hybridized carbons (Fsp3) is 0.857. The molecule has 21 heavy (non-hydrogen) atoms. The lowest BCUT2D eigenvalue weighted by molar-refractivity contribution is -0.164. The van der Waals surface area contributed by atoms with Crippen molar-refractivity contribution in [2.75, 3.05) is 13.1 Å². The first-order valence-corrected chi connectivity index (χ1v) is 7.31. The molecule has 0 spiro atoms. The predicted molar refractivity (Wildman–Crippen MR) is 78.4 cm³/mol. The Morgan fingerprint density at radius 2 is 2.24 bits per heavy atom. The molecule has 0 aromatic carbocycles. The average molecular weight is 296 g/mol. The normalized spacial score (nSPS) is 20.1. The van der Waals surface area contributed by atoms with Crippen molar-refractivity contribution in [2.45, 2.75) is 58.6 Å². The minimum atomic E-state index is -0.573. The Balaban J connectivity index is 2.78. The monoisotopic (exact) mass is 296 g/mol. The van der Waals surface area contributed by atoms with E-state index in [0.29, 0.717) is 19.4 Å². The molecule has 7 heteroatoms. The van der Waals surface area contributed by atoms with Gasteiger partial charge in [0.15, 0.2) is 0 Å². The number of ether oxygens (including phenoxy) is 1. The molecular weight excluding hydrogens is 272 g/mol. The molecule has 2 atom stereocenters. The summed E-state index contributed by atoms with van der Waals surface area (Å²) in [5.41, 5.74) is 7.78. The van der Waals surface area contributed by atoms with Gasteiger partial charge in [-0.2, -0.15) is 0 Å². The van der Waals surface area contributed by atoms with Crippen LogP contribution in [0.2, 0.25) is 0 Å². The third-order valence-electron chi connectivity index (χ3n) is 3.26. The maximum absolute atomic E-state index is 12.3. The van der Waals surface area contributed by atoms with E-state index in [-0.39, 0.29) is 24.3 Å². The summed E-state index contributed by atoms with van der Waals surface area (Å²) in [4.78, 5) is 28.7. The van der Waals surface area contributed by atoms with Gasteiger partial charge in [0.25, 0.3) is 0 Å². The molecule has 2 unspecified atom stereocenters. The van der Waals surface area contributed by atoms with Crippen LogP contribution in [-0.4, -0.2) is 41.5 Å². The highest BCUT2D eigenvalue weighted by atomic mass is 16.6. The number of nitrogens with zero attached hydrogens (tertiary/aromatic N) is 4. The minimum absolute atomic E-state index is 0.0183. The van der Waals surface area contributed by atoms with Gasteiger partial charge in [-0.05, 0) is 38.6 Å². The third-order valence-corrected chi connectivity index (χ3v) is 3.26. The van der Waals surface area contributed by atoms with Crippen LogP contribution in [0, 0.1) is 5.92 Å². The van der Waals surface area contributed by atoms with E-state index in [4.69, 9.17) is 10.3 Å². The molecular formula is C14H24N4O3. The summed E-state index contributed by atoms with van der Waals surface area (Å²) in [5.74, 6) is -0.449. The summed E-state index contributed by atoms with van der Waals surface area (Å²) >= 11 is 0. The Morgan fingerprint density at radius 1 is 1.57 bits per heavy atom. The Bertz CT molecular complexity index is 438. The van der Waals surface area contributed by atoms with Crippen molar-refractivity contribution >= 4 is 11.9 Å². The van der Waals surface area contributed by atoms with Gasteiger partial charge in [-0.3, -0.25) is 4.79 Å². The van der Waals surface area contributed by atoms with Gasteiger partial charge in [-0.15, -0.1) is 0 Å². The number of hydrogen-bond donors (Lipinski definition) is 0. The maximum atomic E-state index is 12.3. The fourth-order valence-electron chi connectivity index (χ4n) is 2.43. The first kappa shape index (κ1) is 17.3. The van der Waals surface area contributed by atoms with Crippen LogP contribution in [0.15, 0.2) is 5.11 Å². The maximum Gasteiger partial charge on any atom is 0.329 e. The van der Waals surface area contributed by atoms with Gasteiger partial charge >= 0.3 is 5.97 Å². The summed E-state index contributed by atoms with van der Waals surface area (Å²) in [5, 5.41) is 3.52. The zero-order valence-electron chi connectivity index (χ0n) is 13.2. The van der Waals surface area contributed by atoms with Crippen molar-refractivity contribution in [1.82, 2.24) is 4.90 Å². The van der Waals surface area contributed by atoms with Crippen LogP contribution in [0.3, 0.4) is 0 Å². The fourth-order valence-corrected chi connectivity index (χ4v) is 2.43. The SMILES string of the molecule is CCCC(C(=O)OC(C)(C)C)N1CC(CN=[N+]=[N-])CC1=O. The largest absolute Gasteiger partial charge is 0.458 e. The Labute approximate surface area is 125 Å². The Kier molecular flexibility index (Phi) is 6.03. The van der Waals surface area contributed by atoms with E-state index in [1.165, 1.54) is 0 Å². The number of amides is 1. The highest BCUT2D eigenvalue weighted by molar-refractivity contribution is 5.86. The lowest BCUT2D eigenvalue weighted by Gasteiger charge is -2.29. The van der Waals surface area contributed by atoms with E-state index in [1.54, 1.807) is 4.90 Å². The molecule has 7 nitrogen and oxygen atoms in total. The molecule has 0 radical (unpaired) electrons. The molecule has 1 aliphatic rings. The summed E-state index contributed by atoms with van der Waals surface area (Å²) < 4.78 is 5.41. The van der Waals surface area contributed by atoms with Gasteiger partial charge in [-0.25, -0.2) is 4.79 Å². The molecule has 0 aromatic heterocycles. The van der Waals surface area contributed by atoms with E-state index < -0.39 is 11.6 Å². The predicted octanol–water partition coefficient (Wildman–Crippen LogP) is 2.66. The van der Waals surface area contributed by atoms with E-state index in [0.717, 1.165) is 6.42 Å². The van der Waals surface area contributed by atoms with Crippen molar-refractivity contribution in [3.05, 3.63) is 10.4 Å². The molecule has 118 valence electrons. The van der Waals surface area contributed by atoms with E-state index in [9.17, 15) is 9.59 Å². The first-order valence-electron chi connectivity index (χ1n) is 7.31. The summed E-state index contributed by atoms with van der Waals surface area (Å²) in [6, 6.07) is -0.544. The standard InChI is InChI=1S/C14H24N4O3/c1-5-6-11(13(20)21-14(2,3)4)18-9-10(7-12(18)19)8-16-17-15/h10-11H,5-9H2,1-4H3. The zero-order valence-corrected chi connectivity index (χ0v) is 13.2. The number of carbonyl (C=O) groups excluding carboxylic acids is 2. The first-order chi connectivity index (χ1) is 9.78. The molecule has 1 rings (SSSR count). The molecule has 0 aromatic rings. The highest BCUT2D eigenvalue weighted by Crippen LogP contribution is 2.24.